The molecule has 0 aliphatic carbocycles. The quantitative estimate of drug-likeness (QED) is 0.487. The molecule has 1 N–H and O–H groups in total. The number of esters is 1. The van der Waals surface area contributed by atoms with Gasteiger partial charge in [-0.25, -0.2) is 4.68 Å². The van der Waals surface area contributed by atoms with Crippen LogP contribution in [0, 0.1) is 13.8 Å². The first-order chi connectivity index (χ1) is 15.9. The molecule has 10 heteroatoms. The summed E-state index contributed by atoms with van der Waals surface area (Å²) in [5.41, 5.74) is 3.60. The molecular weight excluding hydrogens is 424 g/mol. The summed E-state index contributed by atoms with van der Waals surface area (Å²) in [7, 11) is 0. The van der Waals surface area contributed by atoms with Gasteiger partial charge in [0.25, 0.3) is 5.56 Å². The third-order valence-electron chi connectivity index (χ3n) is 5.81. The van der Waals surface area contributed by atoms with Gasteiger partial charge in [-0.15, -0.1) is 5.10 Å². The summed E-state index contributed by atoms with van der Waals surface area (Å²) in [6, 6.07) is 6.09. The third-order valence-corrected chi connectivity index (χ3v) is 5.81. The van der Waals surface area contributed by atoms with E-state index in [-0.39, 0.29) is 18.2 Å². The number of hydrogen-bond acceptors (Lipinski definition) is 8. The van der Waals surface area contributed by atoms with Crippen LogP contribution in [0.25, 0.3) is 10.9 Å². The number of nitrogens with zero attached hydrogens (tertiary/aromatic N) is 5. The van der Waals surface area contributed by atoms with Gasteiger partial charge in [-0.3, -0.25) is 14.5 Å². The zero-order valence-corrected chi connectivity index (χ0v) is 19.3. The number of aryl methyl sites for hydroxylation is 2. The molecule has 0 amide bonds. The molecule has 1 saturated heterocycles. The van der Waals surface area contributed by atoms with Gasteiger partial charge in [-0.1, -0.05) is 11.6 Å². The Labute approximate surface area is 191 Å². The van der Waals surface area contributed by atoms with Crippen molar-refractivity contribution in [1.29, 1.82) is 0 Å². The molecule has 1 aromatic carbocycles. The first-order valence-corrected chi connectivity index (χ1v) is 11.3. The SMILES string of the molecule is CCOC(=O)Cn1nnnc1CN(Cc1cc2cc(C)cc(C)c2[nH]c1=O)C[C@@H]1CCCO1. The van der Waals surface area contributed by atoms with Gasteiger partial charge < -0.3 is 14.5 Å². The zero-order chi connectivity index (χ0) is 23.4. The van der Waals surface area contributed by atoms with Crippen molar-refractivity contribution in [3.05, 3.63) is 51.1 Å². The number of benzene rings is 1. The van der Waals surface area contributed by atoms with Crippen molar-refractivity contribution in [3.8, 4) is 0 Å². The summed E-state index contributed by atoms with van der Waals surface area (Å²) >= 11 is 0. The molecule has 0 saturated carbocycles. The molecule has 0 bridgehead atoms. The van der Waals surface area contributed by atoms with Crippen molar-refractivity contribution in [1.82, 2.24) is 30.1 Å². The number of fused-ring (bicyclic) bond motifs is 1. The van der Waals surface area contributed by atoms with E-state index >= 15 is 0 Å². The Balaban J connectivity index is 1.59. The monoisotopic (exact) mass is 454 g/mol. The lowest BCUT2D eigenvalue weighted by atomic mass is 10.0. The van der Waals surface area contributed by atoms with E-state index in [4.69, 9.17) is 9.47 Å². The maximum Gasteiger partial charge on any atom is 0.327 e. The van der Waals surface area contributed by atoms with E-state index in [0.29, 0.717) is 37.6 Å². The summed E-state index contributed by atoms with van der Waals surface area (Å²) in [4.78, 5) is 30.0. The Morgan fingerprint density at radius 1 is 1.30 bits per heavy atom. The largest absolute Gasteiger partial charge is 0.465 e. The van der Waals surface area contributed by atoms with Crippen LogP contribution in [0.2, 0.25) is 0 Å². The van der Waals surface area contributed by atoms with Gasteiger partial charge >= 0.3 is 5.97 Å². The van der Waals surface area contributed by atoms with Gasteiger partial charge in [0.1, 0.15) is 6.54 Å². The lowest BCUT2D eigenvalue weighted by Gasteiger charge is -2.24. The highest BCUT2D eigenvalue weighted by Gasteiger charge is 2.23. The summed E-state index contributed by atoms with van der Waals surface area (Å²) in [5.74, 6) is 0.137. The van der Waals surface area contributed by atoms with Crippen LogP contribution in [0.5, 0.6) is 0 Å². The van der Waals surface area contributed by atoms with Gasteiger partial charge in [0.2, 0.25) is 0 Å². The maximum atomic E-state index is 12.9. The van der Waals surface area contributed by atoms with Crippen LogP contribution in [0.15, 0.2) is 23.0 Å². The predicted octanol–water partition coefficient (Wildman–Crippen LogP) is 1.88. The third kappa shape index (κ3) is 5.63. The Bertz CT molecular complexity index is 1180. The van der Waals surface area contributed by atoms with Crippen LogP contribution in [0.4, 0.5) is 0 Å². The molecule has 3 heterocycles. The second-order valence-electron chi connectivity index (χ2n) is 8.53. The number of hydrogen-bond donors (Lipinski definition) is 1. The second kappa shape index (κ2) is 10.2. The fourth-order valence-electron chi connectivity index (χ4n) is 4.34. The van der Waals surface area contributed by atoms with Crippen LogP contribution < -0.4 is 5.56 Å². The number of rotatable bonds is 9. The van der Waals surface area contributed by atoms with Crippen molar-refractivity contribution < 1.29 is 14.3 Å². The fourth-order valence-corrected chi connectivity index (χ4v) is 4.34. The first kappa shape index (κ1) is 23.1. The van der Waals surface area contributed by atoms with Gasteiger partial charge in [0.05, 0.1) is 24.8 Å². The average molecular weight is 455 g/mol. The van der Waals surface area contributed by atoms with E-state index < -0.39 is 5.97 Å². The van der Waals surface area contributed by atoms with Crippen molar-refractivity contribution in [2.45, 2.75) is 59.4 Å². The van der Waals surface area contributed by atoms with Crippen molar-refractivity contribution in [2.75, 3.05) is 19.8 Å². The standard InChI is InChI=1S/C23H30N6O4/c1-4-32-21(30)14-29-20(25-26-27-29)13-28(12-19-6-5-7-33-19)11-18-10-17-9-15(2)8-16(3)22(17)24-23(18)31/h8-10,19H,4-7,11-14H2,1-3H3,(H,24,31)/t19-/m0/s1. The van der Waals surface area contributed by atoms with Crippen LogP contribution in [0.3, 0.4) is 0 Å². The predicted molar refractivity (Wildman–Crippen MR) is 122 cm³/mol. The Morgan fingerprint density at radius 3 is 2.91 bits per heavy atom. The van der Waals surface area contributed by atoms with Crippen molar-refractivity contribution in [3.63, 3.8) is 0 Å². The minimum atomic E-state index is -0.395. The molecule has 1 fully saturated rings. The molecule has 1 atom stereocenters. The number of tetrazole rings is 1. The first-order valence-electron chi connectivity index (χ1n) is 11.3. The number of H-pyrrole nitrogens is 1. The smallest absolute Gasteiger partial charge is 0.327 e. The number of carbonyl (C=O) groups is 1. The molecule has 0 radical (unpaired) electrons. The average Bonchev–Trinajstić information content (AvgIpc) is 3.42. The fraction of sp³-hybridized carbons (Fsp3) is 0.522. The molecule has 10 nitrogen and oxygen atoms in total. The van der Waals surface area contributed by atoms with Crippen LogP contribution in [-0.4, -0.2) is 61.9 Å². The molecule has 0 spiro atoms. The highest BCUT2D eigenvalue weighted by molar-refractivity contribution is 5.82. The van der Waals surface area contributed by atoms with Gasteiger partial charge in [-0.2, -0.15) is 0 Å². The molecule has 2 aromatic heterocycles. The van der Waals surface area contributed by atoms with E-state index in [1.165, 1.54) is 4.68 Å². The van der Waals surface area contributed by atoms with Crippen LogP contribution in [-0.2, 0) is 33.9 Å². The number of pyridine rings is 1. The lowest BCUT2D eigenvalue weighted by molar-refractivity contribution is -0.144. The molecule has 0 unspecified atom stereocenters. The molecular formula is C23H30N6O4. The Hall–Kier alpha value is -3.11. The molecule has 3 aromatic rings. The summed E-state index contributed by atoms with van der Waals surface area (Å²) in [6.45, 7) is 8.20. The Morgan fingerprint density at radius 2 is 2.15 bits per heavy atom. The Kier molecular flexibility index (Phi) is 7.14. The summed E-state index contributed by atoms with van der Waals surface area (Å²) in [5, 5.41) is 12.8. The van der Waals surface area contributed by atoms with Gasteiger partial charge in [-0.05, 0) is 67.1 Å². The number of aromatic nitrogens is 5. The molecule has 176 valence electrons. The molecule has 1 aliphatic heterocycles. The number of ether oxygens (including phenoxy) is 2. The van der Waals surface area contributed by atoms with Crippen LogP contribution in [0.1, 0.15) is 42.3 Å². The highest BCUT2D eigenvalue weighted by atomic mass is 16.5. The minimum absolute atomic E-state index is 0.0565. The number of aromatic amines is 1. The molecule has 1 aliphatic rings. The summed E-state index contributed by atoms with van der Waals surface area (Å²) < 4.78 is 12.3. The second-order valence-corrected chi connectivity index (χ2v) is 8.53. The van der Waals surface area contributed by atoms with Crippen molar-refractivity contribution >= 4 is 16.9 Å². The van der Waals surface area contributed by atoms with E-state index in [0.717, 1.165) is 41.5 Å². The van der Waals surface area contributed by atoms with E-state index in [9.17, 15) is 9.59 Å². The van der Waals surface area contributed by atoms with E-state index in [1.54, 1.807) is 6.92 Å². The van der Waals surface area contributed by atoms with E-state index in [1.807, 2.05) is 19.9 Å². The molecule has 33 heavy (non-hydrogen) atoms. The van der Waals surface area contributed by atoms with Gasteiger partial charge in [0.15, 0.2) is 5.82 Å². The van der Waals surface area contributed by atoms with Gasteiger partial charge in [0, 0.05) is 25.3 Å². The highest BCUT2D eigenvalue weighted by Crippen LogP contribution is 2.20. The lowest BCUT2D eigenvalue weighted by Crippen LogP contribution is -2.34. The summed E-state index contributed by atoms with van der Waals surface area (Å²) in [6.07, 6.45) is 2.08. The minimum Gasteiger partial charge on any atom is -0.465 e. The normalized spacial score (nSPS) is 16.1. The van der Waals surface area contributed by atoms with E-state index in [2.05, 4.69) is 37.5 Å². The molecule has 4 rings (SSSR count). The number of nitrogens with one attached hydrogen (secondary N) is 1. The maximum absolute atomic E-state index is 12.9. The van der Waals surface area contributed by atoms with Crippen molar-refractivity contribution in [2.24, 2.45) is 0 Å². The number of carbonyl (C=O) groups excluding carboxylic acids is 1. The van der Waals surface area contributed by atoms with Crippen LogP contribution >= 0.6 is 0 Å². The topological polar surface area (TPSA) is 115 Å². The zero-order valence-electron chi connectivity index (χ0n) is 19.3.